The molecule has 0 bridgehead atoms. The third-order valence-electron chi connectivity index (χ3n) is 3.91. The Kier molecular flexibility index (Phi) is 4.04. The van der Waals surface area contributed by atoms with Crippen molar-refractivity contribution in [3.63, 3.8) is 0 Å². The van der Waals surface area contributed by atoms with Crippen LogP contribution >= 0.6 is 11.8 Å². The van der Waals surface area contributed by atoms with Crippen molar-refractivity contribution >= 4 is 23.8 Å². The van der Waals surface area contributed by atoms with Gasteiger partial charge in [0.1, 0.15) is 6.04 Å². The molecule has 1 saturated carbocycles. The first-order valence-electron chi connectivity index (χ1n) is 6.37. The lowest BCUT2D eigenvalue weighted by molar-refractivity contribution is -0.140. The lowest BCUT2D eigenvalue weighted by Gasteiger charge is -2.27. The van der Waals surface area contributed by atoms with Crippen LogP contribution in [0.1, 0.15) is 32.6 Å². The second kappa shape index (κ2) is 5.38. The molecule has 102 valence electrons. The Morgan fingerprint density at radius 3 is 2.72 bits per heavy atom. The summed E-state index contributed by atoms with van der Waals surface area (Å²) in [6.45, 7) is 2.84. The van der Waals surface area contributed by atoms with Crippen LogP contribution in [0.25, 0.3) is 0 Å². The smallest absolute Gasteiger partial charge is 0.327 e. The third kappa shape index (κ3) is 2.91. The molecule has 5 nitrogen and oxygen atoms in total. The summed E-state index contributed by atoms with van der Waals surface area (Å²) in [5, 5.41) is 11.9. The molecule has 2 amide bonds. The quantitative estimate of drug-likeness (QED) is 0.821. The Bertz CT molecular complexity index is 342. The van der Waals surface area contributed by atoms with Crippen LogP contribution in [0.5, 0.6) is 0 Å². The zero-order chi connectivity index (χ0) is 13.2. The van der Waals surface area contributed by atoms with Gasteiger partial charge in [-0.15, -0.1) is 11.8 Å². The summed E-state index contributed by atoms with van der Waals surface area (Å²) in [6.07, 6.45) is 4.74. The first-order chi connectivity index (χ1) is 8.52. The highest BCUT2D eigenvalue weighted by atomic mass is 32.2. The number of thioether (sulfide) groups is 1. The van der Waals surface area contributed by atoms with E-state index in [9.17, 15) is 9.59 Å². The van der Waals surface area contributed by atoms with Gasteiger partial charge in [-0.05, 0) is 18.3 Å². The second-order valence-electron chi connectivity index (χ2n) is 5.50. The number of carbonyl (C=O) groups excluding carboxylic acids is 1. The lowest BCUT2D eigenvalue weighted by atomic mass is 9.89. The van der Waals surface area contributed by atoms with Gasteiger partial charge in [-0.25, -0.2) is 9.59 Å². The monoisotopic (exact) mass is 272 g/mol. The fraction of sp³-hybridized carbons (Fsp3) is 0.833. The van der Waals surface area contributed by atoms with E-state index >= 15 is 0 Å². The van der Waals surface area contributed by atoms with Gasteiger partial charge in [0.15, 0.2) is 0 Å². The molecule has 0 radical (unpaired) electrons. The van der Waals surface area contributed by atoms with Crippen LogP contribution in [-0.2, 0) is 4.79 Å². The number of nitrogens with one attached hydrogen (secondary N) is 1. The average Bonchev–Trinajstić information content (AvgIpc) is 2.95. The van der Waals surface area contributed by atoms with Crippen LogP contribution in [0.2, 0.25) is 0 Å². The van der Waals surface area contributed by atoms with Crippen molar-refractivity contribution < 1.29 is 14.7 Å². The van der Waals surface area contributed by atoms with E-state index in [1.165, 1.54) is 29.5 Å². The van der Waals surface area contributed by atoms with E-state index in [1.807, 2.05) is 0 Å². The maximum absolute atomic E-state index is 12.0. The Balaban J connectivity index is 1.86. The summed E-state index contributed by atoms with van der Waals surface area (Å²) < 4.78 is 0. The SMILES string of the molecule is CC1(CNC(=O)N2CSC[C@H]2C(=O)O)CCCC1. The molecule has 1 aliphatic heterocycles. The molecular weight excluding hydrogens is 252 g/mol. The highest BCUT2D eigenvalue weighted by Crippen LogP contribution is 2.36. The van der Waals surface area contributed by atoms with Gasteiger partial charge in [0, 0.05) is 12.3 Å². The molecule has 2 aliphatic rings. The first kappa shape index (κ1) is 13.5. The van der Waals surface area contributed by atoms with Crippen LogP contribution in [-0.4, -0.2) is 46.2 Å². The third-order valence-corrected chi connectivity index (χ3v) is 4.92. The number of hydrogen-bond donors (Lipinski definition) is 2. The van der Waals surface area contributed by atoms with Gasteiger partial charge in [-0.2, -0.15) is 0 Å². The summed E-state index contributed by atoms with van der Waals surface area (Å²) in [6, 6.07) is -0.910. The molecule has 2 rings (SSSR count). The fourth-order valence-corrected chi connectivity index (χ4v) is 3.79. The first-order valence-corrected chi connectivity index (χ1v) is 7.52. The van der Waals surface area contributed by atoms with Crippen LogP contribution in [0.15, 0.2) is 0 Å². The summed E-state index contributed by atoms with van der Waals surface area (Å²) in [5.41, 5.74) is 0.196. The Labute approximate surface area is 111 Å². The summed E-state index contributed by atoms with van der Waals surface area (Å²) >= 11 is 1.49. The number of amides is 2. The molecule has 2 N–H and O–H groups in total. The maximum Gasteiger partial charge on any atom is 0.327 e. The highest BCUT2D eigenvalue weighted by molar-refractivity contribution is 7.99. The predicted molar refractivity (Wildman–Crippen MR) is 70.6 cm³/mol. The van der Waals surface area contributed by atoms with Gasteiger partial charge in [-0.3, -0.25) is 0 Å². The molecule has 2 fully saturated rings. The minimum atomic E-state index is -0.915. The van der Waals surface area contributed by atoms with Crippen molar-refractivity contribution in [1.29, 1.82) is 0 Å². The number of rotatable bonds is 3. The highest BCUT2D eigenvalue weighted by Gasteiger charge is 2.36. The number of carboxylic acid groups (broad SMARTS) is 1. The van der Waals surface area contributed by atoms with E-state index in [0.717, 1.165) is 12.8 Å². The van der Waals surface area contributed by atoms with Crippen LogP contribution in [0.4, 0.5) is 4.79 Å². The Morgan fingerprint density at radius 1 is 1.44 bits per heavy atom. The maximum atomic E-state index is 12.0. The van der Waals surface area contributed by atoms with Crippen molar-refractivity contribution in [3.05, 3.63) is 0 Å². The van der Waals surface area contributed by atoms with Crippen molar-refractivity contribution in [2.45, 2.75) is 38.6 Å². The molecule has 1 saturated heterocycles. The topological polar surface area (TPSA) is 69.6 Å². The van der Waals surface area contributed by atoms with Crippen molar-refractivity contribution in [1.82, 2.24) is 10.2 Å². The van der Waals surface area contributed by atoms with Gasteiger partial charge in [0.2, 0.25) is 0 Å². The number of nitrogens with zero attached hydrogens (tertiary/aromatic N) is 1. The van der Waals surface area contributed by atoms with E-state index in [2.05, 4.69) is 12.2 Å². The lowest BCUT2D eigenvalue weighted by Crippen LogP contribution is -2.48. The number of carbonyl (C=O) groups is 2. The number of hydrogen-bond acceptors (Lipinski definition) is 3. The largest absolute Gasteiger partial charge is 0.480 e. The molecule has 0 aromatic heterocycles. The molecular formula is C12H20N2O3S. The summed E-state index contributed by atoms with van der Waals surface area (Å²) in [4.78, 5) is 24.4. The molecule has 0 aromatic rings. The van der Waals surface area contributed by atoms with E-state index in [4.69, 9.17) is 5.11 Å². The van der Waals surface area contributed by atoms with Gasteiger partial charge in [-0.1, -0.05) is 19.8 Å². The van der Waals surface area contributed by atoms with Crippen LogP contribution in [0, 0.1) is 5.41 Å². The minimum absolute atomic E-state index is 0.196. The normalized spacial score (nSPS) is 26.3. The number of urea groups is 1. The van der Waals surface area contributed by atoms with Crippen molar-refractivity contribution in [2.75, 3.05) is 18.2 Å². The number of aliphatic carboxylic acids is 1. The molecule has 0 unspecified atom stereocenters. The van der Waals surface area contributed by atoms with Crippen molar-refractivity contribution in [2.24, 2.45) is 5.41 Å². The van der Waals surface area contributed by atoms with Crippen molar-refractivity contribution in [3.8, 4) is 0 Å². The molecule has 1 heterocycles. The average molecular weight is 272 g/mol. The van der Waals surface area contributed by atoms with E-state index in [-0.39, 0.29) is 11.4 Å². The zero-order valence-corrected chi connectivity index (χ0v) is 11.5. The fourth-order valence-electron chi connectivity index (χ4n) is 2.64. The van der Waals surface area contributed by atoms with E-state index in [0.29, 0.717) is 18.2 Å². The van der Waals surface area contributed by atoms with Gasteiger partial charge >= 0.3 is 12.0 Å². The Morgan fingerprint density at radius 2 is 2.11 bits per heavy atom. The summed E-state index contributed by atoms with van der Waals surface area (Å²) in [5.74, 6) is 0.0433. The molecule has 6 heteroatoms. The molecule has 18 heavy (non-hydrogen) atoms. The van der Waals surface area contributed by atoms with Crippen LogP contribution in [0.3, 0.4) is 0 Å². The second-order valence-corrected chi connectivity index (χ2v) is 6.50. The minimum Gasteiger partial charge on any atom is -0.480 e. The van der Waals surface area contributed by atoms with E-state index < -0.39 is 12.0 Å². The van der Waals surface area contributed by atoms with Gasteiger partial charge < -0.3 is 15.3 Å². The standard InChI is InChI=1S/C12H20N2O3S/c1-12(4-2-3-5-12)7-13-11(17)14-8-18-6-9(14)10(15)16/h9H,2-8H2,1H3,(H,13,17)(H,15,16)/t9-/m0/s1. The van der Waals surface area contributed by atoms with Crippen LogP contribution < -0.4 is 5.32 Å². The number of carboxylic acids is 1. The molecule has 0 spiro atoms. The van der Waals surface area contributed by atoms with Gasteiger partial charge in [0.25, 0.3) is 0 Å². The predicted octanol–water partition coefficient (Wildman–Crippen LogP) is 1.74. The zero-order valence-electron chi connectivity index (χ0n) is 10.6. The molecule has 1 aliphatic carbocycles. The van der Waals surface area contributed by atoms with E-state index in [1.54, 1.807) is 0 Å². The summed E-state index contributed by atoms with van der Waals surface area (Å²) in [7, 11) is 0. The molecule has 0 aromatic carbocycles. The Hall–Kier alpha value is -0.910. The molecule has 1 atom stereocenters. The van der Waals surface area contributed by atoms with Gasteiger partial charge in [0.05, 0.1) is 5.88 Å².